The molecule has 0 aromatic heterocycles. The van der Waals surface area contributed by atoms with Crippen LogP contribution in [0, 0.1) is 0 Å². The second-order valence-corrected chi connectivity index (χ2v) is 4.76. The Kier molecular flexibility index (Phi) is 8.88. The van der Waals surface area contributed by atoms with E-state index in [9.17, 15) is 0 Å². The van der Waals surface area contributed by atoms with Crippen LogP contribution in [0.4, 0.5) is 0 Å². The Bertz CT molecular complexity index is 26.1. The molecule has 7 heavy (non-hydrogen) atoms. The van der Waals surface area contributed by atoms with E-state index in [0.29, 0.717) is 0 Å². The van der Waals surface area contributed by atoms with E-state index >= 15 is 0 Å². The Morgan fingerprint density at radius 2 is 2.14 bits per heavy atom. The van der Waals surface area contributed by atoms with Crippen molar-refractivity contribution in [3.63, 3.8) is 0 Å². The van der Waals surface area contributed by atoms with Crippen molar-refractivity contribution in [1.82, 2.24) is 0 Å². The average molecular weight is 172 g/mol. The Hall–Kier alpha value is 1.40. The highest BCUT2D eigenvalue weighted by Crippen LogP contribution is 2.17. The zero-order valence-corrected chi connectivity index (χ0v) is 7.43. The summed E-state index contributed by atoms with van der Waals surface area (Å²) in [6, 6.07) is 0. The standard InChI is InChI=1S/C3H8S4/c1-5-2-6-3-7-4/h4H,2-3H2,1H3. The Morgan fingerprint density at radius 3 is 2.57 bits per heavy atom. The lowest BCUT2D eigenvalue weighted by molar-refractivity contribution is 2.15. The van der Waals surface area contributed by atoms with Crippen molar-refractivity contribution in [2.75, 3.05) is 16.4 Å². The van der Waals surface area contributed by atoms with Gasteiger partial charge in [0.05, 0.1) is 5.08 Å². The van der Waals surface area contributed by atoms with Crippen LogP contribution in [0.2, 0.25) is 0 Å². The summed E-state index contributed by atoms with van der Waals surface area (Å²) in [6.07, 6.45) is 2.11. The fourth-order valence-electron chi connectivity index (χ4n) is 0.155. The molecule has 0 nitrogen and oxygen atoms in total. The van der Waals surface area contributed by atoms with Crippen LogP contribution < -0.4 is 0 Å². The summed E-state index contributed by atoms with van der Waals surface area (Å²) in [5.74, 6) is 0. The first-order valence-electron chi connectivity index (χ1n) is 1.75. The van der Waals surface area contributed by atoms with Crippen LogP contribution in [-0.4, -0.2) is 16.4 Å². The monoisotopic (exact) mass is 172 g/mol. The molecule has 0 saturated heterocycles. The van der Waals surface area contributed by atoms with E-state index in [2.05, 4.69) is 17.9 Å². The molecule has 0 fully saturated rings. The van der Waals surface area contributed by atoms with Crippen LogP contribution in [0.3, 0.4) is 0 Å². The minimum atomic E-state index is 1.10. The van der Waals surface area contributed by atoms with Gasteiger partial charge >= 0.3 is 0 Å². The Balaban J connectivity index is 2.45. The normalized spacial score (nSPS) is 9.43. The second-order valence-electron chi connectivity index (χ2n) is 0.858. The molecule has 0 aromatic rings. The second kappa shape index (κ2) is 7.40. The molecular weight excluding hydrogens is 164 g/mol. The molecule has 0 heterocycles. The molecule has 0 bridgehead atoms. The van der Waals surface area contributed by atoms with Crippen LogP contribution in [0.5, 0.6) is 0 Å². The van der Waals surface area contributed by atoms with Crippen molar-refractivity contribution < 1.29 is 0 Å². The molecule has 0 atom stereocenters. The lowest BCUT2D eigenvalue weighted by Crippen LogP contribution is -1.65. The van der Waals surface area contributed by atoms with Crippen molar-refractivity contribution in [3.05, 3.63) is 0 Å². The van der Waals surface area contributed by atoms with Gasteiger partial charge in [-0.2, -0.15) is 11.8 Å². The van der Waals surface area contributed by atoms with Gasteiger partial charge in [0.2, 0.25) is 0 Å². The number of thioether (sulfide) groups is 2. The van der Waals surface area contributed by atoms with E-state index in [4.69, 9.17) is 0 Å². The van der Waals surface area contributed by atoms with E-state index in [0.717, 1.165) is 5.08 Å². The number of rotatable bonds is 4. The summed E-state index contributed by atoms with van der Waals surface area (Å²) in [5, 5.41) is 2.29. The van der Waals surface area contributed by atoms with E-state index < -0.39 is 0 Å². The van der Waals surface area contributed by atoms with E-state index in [-0.39, 0.29) is 0 Å². The molecule has 0 amide bonds. The maximum atomic E-state index is 3.98. The minimum absolute atomic E-state index is 1.10. The predicted molar refractivity (Wildman–Crippen MR) is 47.4 cm³/mol. The van der Waals surface area contributed by atoms with Crippen molar-refractivity contribution >= 4 is 46.0 Å². The summed E-state index contributed by atoms with van der Waals surface area (Å²) in [6.45, 7) is 0. The van der Waals surface area contributed by atoms with Crippen LogP contribution in [0.25, 0.3) is 0 Å². The SMILES string of the molecule is CSCSCSS. The Labute approximate surface area is 62.4 Å². The van der Waals surface area contributed by atoms with Crippen LogP contribution >= 0.6 is 46.0 Å². The number of hydrogen-bond acceptors (Lipinski definition) is 4. The number of thiol groups is 1. The van der Waals surface area contributed by atoms with E-state index in [1.165, 1.54) is 5.08 Å². The van der Waals surface area contributed by atoms with E-state index in [1.807, 2.05) is 23.5 Å². The summed E-state index contributed by atoms with van der Waals surface area (Å²) < 4.78 is 0. The predicted octanol–water partition coefficient (Wildman–Crippen LogP) is 2.58. The van der Waals surface area contributed by atoms with Crippen LogP contribution in [0.15, 0.2) is 0 Å². The van der Waals surface area contributed by atoms with Gasteiger partial charge in [-0.1, -0.05) is 10.8 Å². The maximum absolute atomic E-state index is 3.98. The fourth-order valence-corrected chi connectivity index (χ4v) is 2.67. The van der Waals surface area contributed by atoms with Crippen LogP contribution in [-0.2, 0) is 0 Å². The zero-order valence-electron chi connectivity index (χ0n) is 4.09. The molecule has 0 N–H and O–H groups in total. The van der Waals surface area contributed by atoms with Gasteiger partial charge in [0, 0.05) is 5.08 Å². The summed E-state index contributed by atoms with van der Waals surface area (Å²) in [4.78, 5) is 0. The largest absolute Gasteiger partial charge is 0.154 e. The molecule has 0 saturated carbocycles. The molecular formula is C3H8S4. The molecule has 0 rings (SSSR count). The average Bonchev–Trinajstić information content (AvgIpc) is 1.69. The van der Waals surface area contributed by atoms with Gasteiger partial charge in [-0.05, 0) is 6.26 Å². The third kappa shape index (κ3) is 7.40. The molecule has 44 valence electrons. The molecule has 0 aliphatic rings. The smallest absolute Gasteiger partial charge is 0.0501 e. The first-order chi connectivity index (χ1) is 3.41. The third-order valence-electron chi connectivity index (χ3n) is 0.337. The zero-order chi connectivity index (χ0) is 5.54. The third-order valence-corrected chi connectivity index (χ3v) is 3.98. The van der Waals surface area contributed by atoms with Gasteiger partial charge in [0.1, 0.15) is 0 Å². The first kappa shape index (κ1) is 8.40. The molecule has 0 aliphatic heterocycles. The lowest BCUT2D eigenvalue weighted by atomic mass is 11.9. The molecule has 0 unspecified atom stereocenters. The van der Waals surface area contributed by atoms with Crippen molar-refractivity contribution in [2.24, 2.45) is 0 Å². The molecule has 4 heteroatoms. The lowest BCUT2D eigenvalue weighted by Gasteiger charge is -1.90. The van der Waals surface area contributed by atoms with Gasteiger partial charge in [-0.15, -0.1) is 23.4 Å². The van der Waals surface area contributed by atoms with Gasteiger partial charge in [-0.3, -0.25) is 0 Å². The summed E-state index contributed by atoms with van der Waals surface area (Å²) in [7, 11) is 1.59. The highest BCUT2D eigenvalue weighted by molar-refractivity contribution is 8.70. The van der Waals surface area contributed by atoms with Crippen LogP contribution in [0.1, 0.15) is 0 Å². The number of hydrogen-bond donors (Lipinski definition) is 1. The van der Waals surface area contributed by atoms with Crippen molar-refractivity contribution in [1.29, 1.82) is 0 Å². The topological polar surface area (TPSA) is 0 Å². The fraction of sp³-hybridized carbons (Fsp3) is 1.00. The van der Waals surface area contributed by atoms with E-state index in [1.54, 1.807) is 10.8 Å². The highest BCUT2D eigenvalue weighted by Gasteiger charge is 1.80. The van der Waals surface area contributed by atoms with Crippen molar-refractivity contribution in [2.45, 2.75) is 0 Å². The quantitative estimate of drug-likeness (QED) is 0.300. The van der Waals surface area contributed by atoms with Gasteiger partial charge in [0.15, 0.2) is 0 Å². The van der Waals surface area contributed by atoms with Crippen molar-refractivity contribution in [3.8, 4) is 0 Å². The highest BCUT2D eigenvalue weighted by atomic mass is 33.1. The van der Waals surface area contributed by atoms with Gasteiger partial charge in [-0.25, -0.2) is 0 Å². The molecule has 0 spiro atoms. The summed E-state index contributed by atoms with van der Waals surface area (Å²) >= 11 is 7.74. The van der Waals surface area contributed by atoms with Gasteiger partial charge < -0.3 is 0 Å². The molecule has 0 aromatic carbocycles. The first-order valence-corrected chi connectivity index (χ1v) is 6.33. The van der Waals surface area contributed by atoms with Gasteiger partial charge in [0.25, 0.3) is 0 Å². The Morgan fingerprint density at radius 1 is 1.43 bits per heavy atom. The summed E-state index contributed by atoms with van der Waals surface area (Å²) in [5.41, 5.74) is 0. The molecule has 0 radical (unpaired) electrons. The molecule has 0 aliphatic carbocycles. The maximum Gasteiger partial charge on any atom is 0.0501 e. The minimum Gasteiger partial charge on any atom is -0.154 e.